The van der Waals surface area contributed by atoms with Gasteiger partial charge >= 0.3 is 5.97 Å². The van der Waals surface area contributed by atoms with E-state index in [1.165, 1.54) is 0 Å². The van der Waals surface area contributed by atoms with E-state index < -0.39 is 0 Å². The second-order valence-corrected chi connectivity index (χ2v) is 2.79. The largest absolute Gasteiger partial charge is 0.432 e. The normalized spacial score (nSPS) is 23.2. The SMILES string of the molecule is CCC=C(C)C(=O)OC1CCO1. The summed E-state index contributed by atoms with van der Waals surface area (Å²) in [5, 5.41) is 0. The molecule has 3 nitrogen and oxygen atoms in total. The smallest absolute Gasteiger partial charge is 0.335 e. The average molecular weight is 170 g/mol. The lowest BCUT2D eigenvalue weighted by molar-refractivity contribution is -0.212. The maximum absolute atomic E-state index is 11.2. The molecule has 1 rings (SSSR count). The van der Waals surface area contributed by atoms with Gasteiger partial charge in [0.15, 0.2) is 0 Å². The molecule has 0 aromatic carbocycles. The third kappa shape index (κ3) is 2.34. The van der Waals surface area contributed by atoms with Crippen LogP contribution in [-0.4, -0.2) is 18.9 Å². The zero-order valence-electron chi connectivity index (χ0n) is 7.50. The lowest BCUT2D eigenvalue weighted by Crippen LogP contribution is -2.32. The average Bonchev–Trinajstić information content (AvgIpc) is 1.97. The summed E-state index contributed by atoms with van der Waals surface area (Å²) in [6, 6.07) is 0. The molecule has 0 spiro atoms. The number of hydrogen-bond donors (Lipinski definition) is 0. The molecule has 1 aliphatic heterocycles. The first-order valence-electron chi connectivity index (χ1n) is 4.23. The van der Waals surface area contributed by atoms with Crippen LogP contribution in [0.5, 0.6) is 0 Å². The number of carbonyl (C=O) groups is 1. The third-order valence-electron chi connectivity index (χ3n) is 1.73. The van der Waals surface area contributed by atoms with Crippen molar-refractivity contribution in [3.63, 3.8) is 0 Å². The Hall–Kier alpha value is -0.830. The highest BCUT2D eigenvalue weighted by atomic mass is 16.7. The van der Waals surface area contributed by atoms with Crippen molar-refractivity contribution in [3.8, 4) is 0 Å². The first-order chi connectivity index (χ1) is 5.74. The van der Waals surface area contributed by atoms with Gasteiger partial charge in [-0.25, -0.2) is 4.79 Å². The fraction of sp³-hybridized carbons (Fsp3) is 0.667. The number of hydrogen-bond acceptors (Lipinski definition) is 3. The van der Waals surface area contributed by atoms with Gasteiger partial charge < -0.3 is 9.47 Å². The molecule has 0 amide bonds. The summed E-state index contributed by atoms with van der Waals surface area (Å²) >= 11 is 0. The van der Waals surface area contributed by atoms with Crippen LogP contribution in [-0.2, 0) is 14.3 Å². The first-order valence-corrected chi connectivity index (χ1v) is 4.23. The van der Waals surface area contributed by atoms with Crippen molar-refractivity contribution < 1.29 is 14.3 Å². The van der Waals surface area contributed by atoms with Crippen LogP contribution in [0.25, 0.3) is 0 Å². The molecule has 1 unspecified atom stereocenters. The van der Waals surface area contributed by atoms with Crippen molar-refractivity contribution in [1.82, 2.24) is 0 Å². The van der Waals surface area contributed by atoms with Crippen LogP contribution < -0.4 is 0 Å². The van der Waals surface area contributed by atoms with E-state index >= 15 is 0 Å². The maximum Gasteiger partial charge on any atom is 0.335 e. The zero-order valence-corrected chi connectivity index (χ0v) is 7.50. The number of ether oxygens (including phenoxy) is 2. The Morgan fingerprint density at radius 3 is 2.83 bits per heavy atom. The molecule has 1 atom stereocenters. The van der Waals surface area contributed by atoms with Crippen LogP contribution in [0.2, 0.25) is 0 Å². The molecule has 0 radical (unpaired) electrons. The summed E-state index contributed by atoms with van der Waals surface area (Å²) < 4.78 is 9.93. The van der Waals surface area contributed by atoms with E-state index in [4.69, 9.17) is 9.47 Å². The van der Waals surface area contributed by atoms with Gasteiger partial charge in [0.2, 0.25) is 6.29 Å². The molecule has 0 aromatic rings. The standard InChI is InChI=1S/C9H14O3/c1-3-4-7(2)9(10)12-8-5-6-11-8/h4,8H,3,5-6H2,1-2H3. The molecule has 0 saturated carbocycles. The Morgan fingerprint density at radius 1 is 1.75 bits per heavy atom. The van der Waals surface area contributed by atoms with E-state index in [2.05, 4.69) is 0 Å². The molecule has 68 valence electrons. The van der Waals surface area contributed by atoms with Crippen LogP contribution in [0.15, 0.2) is 11.6 Å². The van der Waals surface area contributed by atoms with E-state index in [1.807, 2.05) is 13.0 Å². The van der Waals surface area contributed by atoms with Gasteiger partial charge in [0.25, 0.3) is 0 Å². The predicted molar refractivity (Wildman–Crippen MR) is 44.5 cm³/mol. The highest BCUT2D eigenvalue weighted by molar-refractivity contribution is 5.87. The Labute approximate surface area is 72.4 Å². The summed E-state index contributed by atoms with van der Waals surface area (Å²) in [6.45, 7) is 4.44. The molecular weight excluding hydrogens is 156 g/mol. The van der Waals surface area contributed by atoms with Crippen LogP contribution in [0.4, 0.5) is 0 Å². The zero-order chi connectivity index (χ0) is 8.97. The molecule has 0 bridgehead atoms. The molecule has 0 aliphatic carbocycles. The minimum absolute atomic E-state index is 0.262. The predicted octanol–water partition coefficient (Wildman–Crippen LogP) is 1.63. The van der Waals surface area contributed by atoms with Crippen LogP contribution in [0, 0.1) is 0 Å². The second-order valence-electron chi connectivity index (χ2n) is 2.79. The fourth-order valence-corrected chi connectivity index (χ4v) is 0.909. The molecule has 1 fully saturated rings. The van der Waals surface area contributed by atoms with Crippen LogP contribution in [0.3, 0.4) is 0 Å². The molecule has 0 N–H and O–H groups in total. The Kier molecular flexibility index (Phi) is 3.29. The number of carbonyl (C=O) groups excluding carboxylic acids is 1. The van der Waals surface area contributed by atoms with E-state index in [0.29, 0.717) is 12.2 Å². The number of rotatable bonds is 3. The minimum Gasteiger partial charge on any atom is -0.432 e. The van der Waals surface area contributed by atoms with Crippen molar-refractivity contribution in [3.05, 3.63) is 11.6 Å². The molecule has 1 aliphatic rings. The third-order valence-corrected chi connectivity index (χ3v) is 1.73. The van der Waals surface area contributed by atoms with E-state index in [0.717, 1.165) is 12.8 Å². The summed E-state index contributed by atoms with van der Waals surface area (Å²) in [5.41, 5.74) is 0.660. The molecule has 1 heterocycles. The Morgan fingerprint density at radius 2 is 2.42 bits per heavy atom. The van der Waals surface area contributed by atoms with Crippen LogP contribution >= 0.6 is 0 Å². The highest BCUT2D eigenvalue weighted by Gasteiger charge is 2.22. The summed E-state index contributed by atoms with van der Waals surface area (Å²) in [4.78, 5) is 11.2. The summed E-state index contributed by atoms with van der Waals surface area (Å²) in [5.74, 6) is -0.262. The van der Waals surface area contributed by atoms with Gasteiger partial charge in [-0.2, -0.15) is 0 Å². The van der Waals surface area contributed by atoms with Gasteiger partial charge in [0.1, 0.15) is 0 Å². The van der Waals surface area contributed by atoms with Gasteiger partial charge in [-0.1, -0.05) is 13.0 Å². The van der Waals surface area contributed by atoms with E-state index in [1.54, 1.807) is 6.92 Å². The van der Waals surface area contributed by atoms with Gasteiger partial charge in [-0.15, -0.1) is 0 Å². The summed E-state index contributed by atoms with van der Waals surface area (Å²) in [7, 11) is 0. The summed E-state index contributed by atoms with van der Waals surface area (Å²) in [6.07, 6.45) is 3.23. The number of allylic oxidation sites excluding steroid dienone is 1. The van der Waals surface area contributed by atoms with Crippen molar-refractivity contribution >= 4 is 5.97 Å². The van der Waals surface area contributed by atoms with Crippen molar-refractivity contribution in [2.45, 2.75) is 33.0 Å². The van der Waals surface area contributed by atoms with Gasteiger partial charge in [0.05, 0.1) is 6.61 Å². The number of esters is 1. The van der Waals surface area contributed by atoms with Crippen molar-refractivity contribution in [2.24, 2.45) is 0 Å². The van der Waals surface area contributed by atoms with E-state index in [-0.39, 0.29) is 12.3 Å². The maximum atomic E-state index is 11.2. The monoisotopic (exact) mass is 170 g/mol. The van der Waals surface area contributed by atoms with Gasteiger partial charge in [0, 0.05) is 12.0 Å². The van der Waals surface area contributed by atoms with Gasteiger partial charge in [-0.3, -0.25) is 0 Å². The van der Waals surface area contributed by atoms with E-state index in [9.17, 15) is 4.79 Å². The molecule has 3 heteroatoms. The highest BCUT2D eigenvalue weighted by Crippen LogP contribution is 2.14. The van der Waals surface area contributed by atoms with Crippen molar-refractivity contribution in [1.29, 1.82) is 0 Å². The molecule has 0 aromatic heterocycles. The molecular formula is C9H14O3. The molecule has 12 heavy (non-hydrogen) atoms. The lowest BCUT2D eigenvalue weighted by Gasteiger charge is -2.25. The second kappa shape index (κ2) is 4.26. The Balaban J connectivity index is 2.31. The fourth-order valence-electron chi connectivity index (χ4n) is 0.909. The van der Waals surface area contributed by atoms with Gasteiger partial charge in [-0.05, 0) is 13.3 Å². The van der Waals surface area contributed by atoms with Crippen molar-refractivity contribution in [2.75, 3.05) is 6.61 Å². The lowest BCUT2D eigenvalue weighted by atomic mass is 10.2. The Bertz CT molecular complexity index is 192. The molecule has 1 saturated heterocycles. The first kappa shape index (κ1) is 9.26. The topological polar surface area (TPSA) is 35.5 Å². The minimum atomic E-state index is -0.294. The quantitative estimate of drug-likeness (QED) is 0.477. The van der Waals surface area contributed by atoms with Crippen LogP contribution in [0.1, 0.15) is 26.7 Å².